The third-order valence-electron chi connectivity index (χ3n) is 4.61. The van der Waals surface area contributed by atoms with Gasteiger partial charge < -0.3 is 4.90 Å². The Hall–Kier alpha value is -2.63. The molecule has 0 radical (unpaired) electrons. The summed E-state index contributed by atoms with van der Waals surface area (Å²) in [5, 5.41) is 7.26. The number of piperidine rings is 1. The first-order chi connectivity index (χ1) is 12.9. The summed E-state index contributed by atoms with van der Waals surface area (Å²) in [6.07, 6.45) is 6.96. The molecule has 1 atom stereocenters. The number of nitrogens with one attached hydrogen (secondary N) is 2. The fraction of sp³-hybridized carbons (Fsp3) is 0.368. The average molecular weight is 386 g/mol. The molecule has 1 aliphatic rings. The van der Waals surface area contributed by atoms with E-state index in [0.717, 1.165) is 24.2 Å². The number of aryl methyl sites for hydroxylation is 1. The summed E-state index contributed by atoms with van der Waals surface area (Å²) in [5.74, 6) is 2.23. The van der Waals surface area contributed by atoms with Gasteiger partial charge in [0.2, 0.25) is 10.0 Å². The molecule has 1 saturated heterocycles. The molecule has 2 heterocycles. The number of amides is 1. The second kappa shape index (κ2) is 7.94. The lowest BCUT2D eigenvalue weighted by Crippen LogP contribution is -2.39. The number of benzene rings is 1. The van der Waals surface area contributed by atoms with Gasteiger partial charge in [0, 0.05) is 30.3 Å². The number of hydrogen-bond acceptors (Lipinski definition) is 4. The van der Waals surface area contributed by atoms with Crippen molar-refractivity contribution in [1.82, 2.24) is 19.8 Å². The van der Waals surface area contributed by atoms with Gasteiger partial charge in [0.05, 0.1) is 17.1 Å². The molecule has 27 heavy (non-hydrogen) atoms. The second-order valence-electron chi connectivity index (χ2n) is 6.62. The summed E-state index contributed by atoms with van der Waals surface area (Å²) in [6, 6.07) is 8.04. The van der Waals surface area contributed by atoms with Crippen LogP contribution in [-0.4, -0.2) is 49.1 Å². The summed E-state index contributed by atoms with van der Waals surface area (Å²) >= 11 is 0. The van der Waals surface area contributed by atoms with Gasteiger partial charge in [0.25, 0.3) is 5.91 Å². The summed E-state index contributed by atoms with van der Waals surface area (Å²) in [6.45, 7) is 3.06. The number of carbonyl (C=O) groups excluding carboxylic acids is 1. The number of nitrogens with zero attached hydrogens (tertiary/aromatic N) is 2. The van der Waals surface area contributed by atoms with Gasteiger partial charge in [0.1, 0.15) is 0 Å². The zero-order valence-corrected chi connectivity index (χ0v) is 15.9. The molecule has 1 aromatic heterocycles. The zero-order chi connectivity index (χ0) is 19.4. The van der Waals surface area contributed by atoms with Crippen LogP contribution in [0.5, 0.6) is 0 Å². The van der Waals surface area contributed by atoms with Crippen LogP contribution in [0.15, 0.2) is 35.2 Å². The smallest absolute Gasteiger partial charge is 0.253 e. The molecule has 2 aromatic rings. The normalized spacial score (nSPS) is 17.5. The molecule has 0 unspecified atom stereocenters. The van der Waals surface area contributed by atoms with Crippen molar-refractivity contribution in [3.63, 3.8) is 0 Å². The van der Waals surface area contributed by atoms with Crippen molar-refractivity contribution in [3.8, 4) is 12.3 Å². The summed E-state index contributed by atoms with van der Waals surface area (Å²) in [7, 11) is -3.74. The molecule has 8 heteroatoms. The number of terminal acetylenes is 1. The number of H-pyrrole nitrogens is 1. The topological polar surface area (TPSA) is 95.2 Å². The predicted molar refractivity (Wildman–Crippen MR) is 102 cm³/mol. The number of hydrogen-bond donors (Lipinski definition) is 2. The van der Waals surface area contributed by atoms with Gasteiger partial charge in [-0.3, -0.25) is 9.89 Å². The van der Waals surface area contributed by atoms with Crippen molar-refractivity contribution < 1.29 is 13.2 Å². The van der Waals surface area contributed by atoms with Crippen molar-refractivity contribution in [2.75, 3.05) is 19.6 Å². The Balaban J connectivity index is 1.77. The lowest BCUT2D eigenvalue weighted by Gasteiger charge is -2.32. The van der Waals surface area contributed by atoms with Gasteiger partial charge in [-0.2, -0.15) is 9.82 Å². The van der Waals surface area contributed by atoms with Gasteiger partial charge in [-0.15, -0.1) is 6.42 Å². The third kappa shape index (κ3) is 4.38. The molecule has 2 N–H and O–H groups in total. The monoisotopic (exact) mass is 386 g/mol. The van der Waals surface area contributed by atoms with Crippen molar-refractivity contribution in [3.05, 3.63) is 47.3 Å². The Labute approximate surface area is 159 Å². The Morgan fingerprint density at radius 2 is 2.26 bits per heavy atom. The number of carbonyl (C=O) groups is 1. The van der Waals surface area contributed by atoms with Crippen molar-refractivity contribution in [2.45, 2.75) is 30.6 Å². The summed E-state index contributed by atoms with van der Waals surface area (Å²) in [5.41, 5.74) is 2.29. The first kappa shape index (κ1) is 19.1. The molecule has 1 amide bonds. The van der Waals surface area contributed by atoms with E-state index in [4.69, 9.17) is 6.42 Å². The van der Waals surface area contributed by atoms with Crippen molar-refractivity contribution in [2.24, 2.45) is 0 Å². The average Bonchev–Trinajstić information content (AvgIpc) is 3.12. The van der Waals surface area contributed by atoms with Crippen LogP contribution >= 0.6 is 0 Å². The minimum Gasteiger partial charge on any atom is -0.338 e. The van der Waals surface area contributed by atoms with Crippen molar-refractivity contribution >= 4 is 15.9 Å². The third-order valence-corrected chi connectivity index (χ3v) is 6.01. The molecule has 1 aromatic carbocycles. The molecule has 0 aliphatic carbocycles. The maximum atomic E-state index is 12.9. The number of likely N-dealkylation sites (tertiary alicyclic amines) is 1. The SMILES string of the molecule is C#CCNS(=O)(=O)c1cccc(C(=O)N2CCC[C@@H](c3cc(C)[nH]n3)C2)c1. The Morgan fingerprint density at radius 3 is 2.96 bits per heavy atom. The minimum absolute atomic E-state index is 0.0279. The number of aromatic amines is 1. The fourth-order valence-electron chi connectivity index (χ4n) is 3.25. The van der Waals surface area contributed by atoms with E-state index in [1.165, 1.54) is 12.1 Å². The van der Waals surface area contributed by atoms with Crippen LogP contribution in [0.2, 0.25) is 0 Å². The number of sulfonamides is 1. The van der Waals surface area contributed by atoms with Gasteiger partial charge in [0.15, 0.2) is 0 Å². The van der Waals surface area contributed by atoms with Crippen LogP contribution in [0, 0.1) is 19.3 Å². The lowest BCUT2D eigenvalue weighted by molar-refractivity contribution is 0.0705. The molecule has 1 aliphatic heterocycles. The van der Waals surface area contributed by atoms with E-state index in [1.807, 2.05) is 13.0 Å². The molecular weight excluding hydrogens is 364 g/mol. The Morgan fingerprint density at radius 1 is 1.44 bits per heavy atom. The van der Waals surface area contributed by atoms with Crippen LogP contribution in [0.1, 0.15) is 40.5 Å². The molecule has 3 rings (SSSR count). The lowest BCUT2D eigenvalue weighted by atomic mass is 9.94. The number of aromatic nitrogens is 2. The maximum Gasteiger partial charge on any atom is 0.253 e. The molecule has 0 saturated carbocycles. The van der Waals surface area contributed by atoms with Crippen LogP contribution in [0.3, 0.4) is 0 Å². The van der Waals surface area contributed by atoms with E-state index < -0.39 is 10.0 Å². The van der Waals surface area contributed by atoms with Crippen LogP contribution in [-0.2, 0) is 10.0 Å². The zero-order valence-electron chi connectivity index (χ0n) is 15.1. The Kier molecular flexibility index (Phi) is 5.63. The summed E-state index contributed by atoms with van der Waals surface area (Å²) in [4.78, 5) is 14.7. The second-order valence-corrected chi connectivity index (χ2v) is 8.39. The fourth-order valence-corrected chi connectivity index (χ4v) is 4.23. The molecular formula is C19H22N4O3S. The van der Waals surface area contributed by atoms with Crippen LogP contribution < -0.4 is 4.72 Å². The highest BCUT2D eigenvalue weighted by molar-refractivity contribution is 7.89. The molecule has 0 spiro atoms. The van der Waals surface area contributed by atoms with Crippen molar-refractivity contribution in [1.29, 1.82) is 0 Å². The molecule has 0 bridgehead atoms. The maximum absolute atomic E-state index is 12.9. The van der Waals surface area contributed by atoms with E-state index in [9.17, 15) is 13.2 Å². The van der Waals surface area contributed by atoms with Crippen LogP contribution in [0.4, 0.5) is 0 Å². The standard InChI is InChI=1S/C19H22N4O3S/c1-3-9-20-27(25,26)17-8-4-6-15(12-17)19(24)23-10-5-7-16(13-23)18-11-14(2)21-22-18/h1,4,6,8,11-12,16,20H,5,7,9-10,13H2,2H3,(H,21,22)/t16-/m1/s1. The van der Waals surface area contributed by atoms with Crippen LogP contribution in [0.25, 0.3) is 0 Å². The quantitative estimate of drug-likeness (QED) is 0.764. The highest BCUT2D eigenvalue weighted by Gasteiger charge is 2.27. The van der Waals surface area contributed by atoms with E-state index in [-0.39, 0.29) is 23.3 Å². The molecule has 1 fully saturated rings. The van der Waals surface area contributed by atoms with Gasteiger partial charge in [-0.1, -0.05) is 12.0 Å². The van der Waals surface area contributed by atoms with E-state index in [0.29, 0.717) is 18.7 Å². The Bertz CT molecular complexity index is 975. The highest BCUT2D eigenvalue weighted by atomic mass is 32.2. The minimum atomic E-state index is -3.74. The van der Waals surface area contributed by atoms with E-state index in [1.54, 1.807) is 17.0 Å². The predicted octanol–water partition coefficient (Wildman–Crippen LogP) is 1.65. The first-order valence-corrected chi connectivity index (χ1v) is 10.2. The first-order valence-electron chi connectivity index (χ1n) is 8.75. The van der Waals surface area contributed by atoms with Gasteiger partial charge in [-0.25, -0.2) is 8.42 Å². The molecule has 7 nitrogen and oxygen atoms in total. The number of rotatable bonds is 5. The molecule has 142 valence electrons. The largest absolute Gasteiger partial charge is 0.338 e. The van der Waals surface area contributed by atoms with E-state index in [2.05, 4.69) is 20.8 Å². The van der Waals surface area contributed by atoms with Gasteiger partial charge >= 0.3 is 0 Å². The van der Waals surface area contributed by atoms with E-state index >= 15 is 0 Å². The highest BCUT2D eigenvalue weighted by Crippen LogP contribution is 2.27. The summed E-state index contributed by atoms with van der Waals surface area (Å²) < 4.78 is 26.8. The van der Waals surface area contributed by atoms with Gasteiger partial charge in [-0.05, 0) is 44.0 Å².